The fourth-order valence-electron chi connectivity index (χ4n) is 2.50. The van der Waals surface area contributed by atoms with Gasteiger partial charge >= 0.3 is 0 Å². The molecule has 1 N–H and O–H groups in total. The summed E-state index contributed by atoms with van der Waals surface area (Å²) in [6.45, 7) is 2.02. The van der Waals surface area contributed by atoms with Gasteiger partial charge in [-0.1, -0.05) is 24.3 Å². The molecule has 1 aliphatic rings. The topological polar surface area (TPSA) is 24.9 Å². The Morgan fingerprint density at radius 3 is 2.95 bits per heavy atom. The Hall–Kier alpha value is -1.06. The average molecular weight is 338 g/mol. The van der Waals surface area contributed by atoms with Crippen molar-refractivity contribution >= 4 is 33.3 Å². The van der Waals surface area contributed by atoms with E-state index in [0.29, 0.717) is 0 Å². The molecule has 1 aromatic heterocycles. The number of nitrogens with one attached hydrogen (secondary N) is 1. The summed E-state index contributed by atoms with van der Waals surface area (Å²) < 4.78 is 0.973. The second kappa shape index (κ2) is 5.14. The molecule has 0 radical (unpaired) electrons. The van der Waals surface area contributed by atoms with Gasteiger partial charge in [0, 0.05) is 6.20 Å². The van der Waals surface area contributed by atoms with Crippen molar-refractivity contribution in [3.63, 3.8) is 0 Å². The monoisotopic (exact) mass is 336 g/mol. The first-order valence-electron chi connectivity index (χ1n) is 6.25. The summed E-state index contributed by atoms with van der Waals surface area (Å²) in [5.74, 6) is 0.845. The molecule has 0 fully saturated rings. The van der Waals surface area contributed by atoms with Gasteiger partial charge in [-0.2, -0.15) is 0 Å². The van der Waals surface area contributed by atoms with Crippen LogP contribution >= 0.6 is 27.5 Å². The molecule has 1 aliphatic carbocycles. The van der Waals surface area contributed by atoms with Crippen molar-refractivity contribution in [2.75, 3.05) is 5.32 Å². The van der Waals surface area contributed by atoms with Gasteiger partial charge in [0.25, 0.3) is 0 Å². The van der Waals surface area contributed by atoms with Crippen LogP contribution in [0.15, 0.2) is 41.0 Å². The first kappa shape index (κ1) is 12.9. The lowest BCUT2D eigenvalue weighted by molar-refractivity contribution is 0.766. The average Bonchev–Trinajstić information content (AvgIpc) is 2.69. The molecule has 1 heterocycles. The summed E-state index contributed by atoms with van der Waals surface area (Å²) in [6, 6.07) is 10.6. The summed E-state index contributed by atoms with van der Waals surface area (Å²) in [5.41, 5.74) is 3.73. The quantitative estimate of drug-likeness (QED) is 0.818. The van der Waals surface area contributed by atoms with E-state index in [2.05, 4.69) is 56.6 Å². The Labute approximate surface area is 126 Å². The lowest BCUT2D eigenvalue weighted by Crippen LogP contribution is -2.17. The first-order chi connectivity index (χ1) is 9.15. The number of pyridine rings is 1. The Morgan fingerprint density at radius 1 is 1.37 bits per heavy atom. The fourth-order valence-corrected chi connectivity index (χ4v) is 3.44. The van der Waals surface area contributed by atoms with Gasteiger partial charge in [-0.3, -0.25) is 0 Å². The van der Waals surface area contributed by atoms with Crippen molar-refractivity contribution < 1.29 is 0 Å². The lowest BCUT2D eigenvalue weighted by atomic mass is 10.1. The molecule has 0 amide bonds. The number of fused-ring (bicyclic) bond motifs is 1. The van der Waals surface area contributed by atoms with Crippen molar-refractivity contribution in [1.29, 1.82) is 0 Å². The van der Waals surface area contributed by atoms with E-state index in [1.165, 1.54) is 11.1 Å². The largest absolute Gasteiger partial charge is 0.361 e. The minimum Gasteiger partial charge on any atom is -0.361 e. The molecule has 2 nitrogen and oxygen atoms in total. The van der Waals surface area contributed by atoms with Gasteiger partial charge < -0.3 is 5.32 Å². The van der Waals surface area contributed by atoms with Crippen LogP contribution in [0.1, 0.15) is 22.7 Å². The van der Waals surface area contributed by atoms with Gasteiger partial charge in [0.1, 0.15) is 5.82 Å². The van der Waals surface area contributed by atoms with Crippen molar-refractivity contribution in [2.45, 2.75) is 24.8 Å². The summed E-state index contributed by atoms with van der Waals surface area (Å²) in [7, 11) is 0. The molecule has 2 unspecified atom stereocenters. The van der Waals surface area contributed by atoms with Gasteiger partial charge in [0.15, 0.2) is 0 Å². The standard InChI is InChI=1S/C15H14BrClN2/c1-9-6-12(16)15(18-8-9)19-14-11-5-3-2-4-10(11)7-13(14)17/h2-6,8,13-14H,7H2,1H3,(H,18,19). The highest BCUT2D eigenvalue weighted by Crippen LogP contribution is 2.38. The van der Waals surface area contributed by atoms with Crippen LogP contribution in [-0.4, -0.2) is 10.4 Å². The van der Waals surface area contributed by atoms with Crippen molar-refractivity contribution in [2.24, 2.45) is 0 Å². The zero-order valence-corrected chi connectivity index (χ0v) is 12.9. The molecule has 19 heavy (non-hydrogen) atoms. The second-order valence-electron chi connectivity index (χ2n) is 4.88. The third-order valence-electron chi connectivity index (χ3n) is 3.44. The molecular weight excluding hydrogens is 324 g/mol. The minimum absolute atomic E-state index is 0.0624. The van der Waals surface area contributed by atoms with Crippen LogP contribution in [0, 0.1) is 6.92 Å². The van der Waals surface area contributed by atoms with E-state index >= 15 is 0 Å². The van der Waals surface area contributed by atoms with E-state index in [-0.39, 0.29) is 11.4 Å². The van der Waals surface area contributed by atoms with Crippen LogP contribution in [0.5, 0.6) is 0 Å². The van der Waals surface area contributed by atoms with Crippen LogP contribution in [0.4, 0.5) is 5.82 Å². The molecule has 0 aliphatic heterocycles. The lowest BCUT2D eigenvalue weighted by Gasteiger charge is -2.19. The van der Waals surface area contributed by atoms with Crippen molar-refractivity contribution in [1.82, 2.24) is 4.98 Å². The molecule has 0 saturated heterocycles. The van der Waals surface area contributed by atoms with Crippen LogP contribution in [-0.2, 0) is 6.42 Å². The number of rotatable bonds is 2. The predicted octanol–water partition coefficient (Wildman–Crippen LogP) is 4.47. The van der Waals surface area contributed by atoms with Gasteiger partial charge in [-0.05, 0) is 52.0 Å². The van der Waals surface area contributed by atoms with E-state index in [1.807, 2.05) is 13.1 Å². The van der Waals surface area contributed by atoms with E-state index in [1.54, 1.807) is 0 Å². The Balaban J connectivity index is 1.91. The molecule has 4 heteroatoms. The molecule has 2 aromatic rings. The maximum Gasteiger partial charge on any atom is 0.140 e. The summed E-state index contributed by atoms with van der Waals surface area (Å²) in [5, 5.41) is 3.51. The highest BCUT2D eigenvalue weighted by atomic mass is 79.9. The molecule has 98 valence electrons. The van der Waals surface area contributed by atoms with Gasteiger partial charge in [-0.25, -0.2) is 4.98 Å². The number of aryl methyl sites for hydroxylation is 1. The number of alkyl halides is 1. The molecule has 0 spiro atoms. The Kier molecular flexibility index (Phi) is 3.50. The van der Waals surface area contributed by atoms with E-state index in [4.69, 9.17) is 11.6 Å². The highest BCUT2D eigenvalue weighted by molar-refractivity contribution is 9.10. The van der Waals surface area contributed by atoms with Crippen molar-refractivity contribution in [3.8, 4) is 0 Å². The SMILES string of the molecule is Cc1cnc(NC2c3ccccc3CC2Cl)c(Br)c1. The second-order valence-corrected chi connectivity index (χ2v) is 6.30. The fraction of sp³-hybridized carbons (Fsp3) is 0.267. The zero-order chi connectivity index (χ0) is 13.4. The normalized spacial score (nSPS) is 21.2. The Morgan fingerprint density at radius 2 is 2.16 bits per heavy atom. The Bertz CT molecular complexity index is 615. The number of halogens is 2. The number of nitrogens with zero attached hydrogens (tertiary/aromatic N) is 1. The van der Waals surface area contributed by atoms with Gasteiger partial charge in [0.05, 0.1) is 15.9 Å². The highest BCUT2D eigenvalue weighted by Gasteiger charge is 2.31. The first-order valence-corrected chi connectivity index (χ1v) is 7.48. The number of anilines is 1. The predicted molar refractivity (Wildman–Crippen MR) is 82.8 cm³/mol. The van der Waals surface area contributed by atoms with E-state index in [0.717, 1.165) is 22.3 Å². The molecular formula is C15H14BrClN2. The molecule has 0 saturated carbocycles. The molecule has 3 rings (SSSR count). The van der Waals surface area contributed by atoms with Crippen LogP contribution < -0.4 is 5.32 Å². The number of aromatic nitrogens is 1. The number of benzene rings is 1. The summed E-state index contributed by atoms with van der Waals surface area (Å²) in [4.78, 5) is 4.43. The third kappa shape index (κ3) is 2.49. The van der Waals surface area contributed by atoms with Crippen LogP contribution in [0.2, 0.25) is 0 Å². The minimum atomic E-state index is 0.0624. The van der Waals surface area contributed by atoms with Gasteiger partial charge in [0.2, 0.25) is 0 Å². The molecule has 2 atom stereocenters. The summed E-state index contributed by atoms with van der Waals surface area (Å²) in [6.07, 6.45) is 2.76. The van der Waals surface area contributed by atoms with Crippen LogP contribution in [0.25, 0.3) is 0 Å². The van der Waals surface area contributed by atoms with Crippen molar-refractivity contribution in [3.05, 3.63) is 57.7 Å². The maximum absolute atomic E-state index is 6.47. The van der Waals surface area contributed by atoms with E-state index in [9.17, 15) is 0 Å². The maximum atomic E-state index is 6.47. The van der Waals surface area contributed by atoms with Crippen LogP contribution in [0.3, 0.4) is 0 Å². The molecule has 1 aromatic carbocycles. The van der Waals surface area contributed by atoms with E-state index < -0.39 is 0 Å². The number of hydrogen-bond acceptors (Lipinski definition) is 2. The molecule has 0 bridgehead atoms. The number of hydrogen-bond donors (Lipinski definition) is 1. The van der Waals surface area contributed by atoms with Gasteiger partial charge in [-0.15, -0.1) is 11.6 Å². The summed E-state index contributed by atoms with van der Waals surface area (Å²) >= 11 is 10.0. The zero-order valence-electron chi connectivity index (χ0n) is 10.5. The smallest absolute Gasteiger partial charge is 0.140 e. The third-order valence-corrected chi connectivity index (χ3v) is 4.45.